The quantitative estimate of drug-likeness (QED) is 0.200. The average molecular weight is 564 g/mol. The zero-order valence-electron chi connectivity index (χ0n) is 23.7. The number of fused-ring (bicyclic) bond motifs is 1. The molecule has 0 heterocycles. The van der Waals surface area contributed by atoms with Crippen molar-refractivity contribution in [3.05, 3.63) is 57.6 Å². The first-order valence-electron chi connectivity index (χ1n) is 15.9. The van der Waals surface area contributed by atoms with Crippen molar-refractivity contribution in [1.82, 2.24) is 0 Å². The Kier molecular flexibility index (Phi) is 8.37. The fourth-order valence-electron chi connectivity index (χ4n) is 8.21. The number of carbonyl (C=O) groups is 1. The summed E-state index contributed by atoms with van der Waals surface area (Å²) in [6.45, 7) is 0. The highest BCUT2D eigenvalue weighted by molar-refractivity contribution is 7.85. The lowest BCUT2D eigenvalue weighted by Gasteiger charge is -2.32. The van der Waals surface area contributed by atoms with E-state index in [4.69, 9.17) is 4.74 Å². The molecule has 216 valence electrons. The van der Waals surface area contributed by atoms with E-state index in [2.05, 4.69) is 12.1 Å². The molecule has 0 atom stereocenters. The van der Waals surface area contributed by atoms with Gasteiger partial charge in [0.25, 0.3) is 0 Å². The van der Waals surface area contributed by atoms with Gasteiger partial charge in [-0.15, -0.1) is 0 Å². The normalized spacial score (nSPS) is 21.3. The van der Waals surface area contributed by atoms with Gasteiger partial charge in [0, 0.05) is 0 Å². The first kappa shape index (κ1) is 28.0. The highest BCUT2D eigenvalue weighted by atomic mass is 32.2. The van der Waals surface area contributed by atoms with Gasteiger partial charge in [-0.05, 0) is 115 Å². The summed E-state index contributed by atoms with van der Waals surface area (Å²) in [4.78, 5) is 14.1. The lowest BCUT2D eigenvalue weighted by Crippen LogP contribution is -2.22. The number of hydrogen-bond acceptors (Lipinski definition) is 5. The van der Waals surface area contributed by atoms with Crippen LogP contribution in [0.4, 0.5) is 0 Å². The van der Waals surface area contributed by atoms with Crippen molar-refractivity contribution in [3.8, 4) is 5.75 Å². The van der Waals surface area contributed by atoms with E-state index in [1.807, 2.05) is 0 Å². The average Bonchev–Trinajstić information content (AvgIpc) is 3.48. The van der Waals surface area contributed by atoms with Crippen LogP contribution < -0.4 is 4.74 Å². The fourth-order valence-corrected chi connectivity index (χ4v) is 8.97. The van der Waals surface area contributed by atoms with Crippen molar-refractivity contribution in [2.75, 3.05) is 0 Å². The second-order valence-electron chi connectivity index (χ2n) is 12.8. The van der Waals surface area contributed by atoms with E-state index in [0.29, 0.717) is 47.5 Å². The minimum atomic E-state index is -4.57. The molecule has 0 bridgehead atoms. The van der Waals surface area contributed by atoms with E-state index in [1.54, 1.807) is 0 Å². The summed E-state index contributed by atoms with van der Waals surface area (Å²) < 4.78 is 41.9. The Morgan fingerprint density at radius 3 is 1.70 bits per heavy atom. The van der Waals surface area contributed by atoms with Crippen molar-refractivity contribution in [2.24, 2.45) is 0 Å². The van der Waals surface area contributed by atoms with Gasteiger partial charge in [-0.2, -0.15) is 0 Å². The maximum absolute atomic E-state index is 14.3. The SMILES string of the molecule is O=C(Oc1ccc(S(=O)(=O)[O-])c2c1CCC2)c1c(C2CCCCC2)cc(C2CCCCC2)cc1C1CCCCC1. The molecule has 0 amide bonds. The first-order chi connectivity index (χ1) is 19.4. The van der Waals surface area contributed by atoms with Crippen molar-refractivity contribution in [1.29, 1.82) is 0 Å². The van der Waals surface area contributed by atoms with Crippen LogP contribution in [0.3, 0.4) is 0 Å². The third-order valence-corrected chi connectivity index (χ3v) is 11.2. The lowest BCUT2D eigenvalue weighted by atomic mass is 9.73. The third-order valence-electron chi connectivity index (χ3n) is 10.3. The summed E-state index contributed by atoms with van der Waals surface area (Å²) >= 11 is 0. The van der Waals surface area contributed by atoms with Crippen LogP contribution in [0.1, 0.15) is 159 Å². The van der Waals surface area contributed by atoms with Crippen LogP contribution in [0, 0.1) is 0 Å². The number of ether oxygens (including phenoxy) is 1. The number of esters is 1. The van der Waals surface area contributed by atoms with E-state index in [1.165, 1.54) is 99.5 Å². The molecule has 0 aliphatic heterocycles. The molecule has 3 saturated carbocycles. The first-order valence-corrected chi connectivity index (χ1v) is 17.3. The minimum Gasteiger partial charge on any atom is -0.744 e. The topological polar surface area (TPSA) is 83.5 Å². The number of hydrogen-bond donors (Lipinski definition) is 0. The Labute approximate surface area is 239 Å². The summed E-state index contributed by atoms with van der Waals surface area (Å²) in [6, 6.07) is 7.63. The molecular weight excluding hydrogens is 520 g/mol. The standard InChI is InChI=1S/C34H44O5S/c35-34(39-31-19-20-32(40(36,37)38)28-18-10-17-27(28)31)33-29(24-13-6-2-7-14-24)21-26(23-11-4-1-5-12-23)22-30(33)25-15-8-3-9-16-25/h19-25H,1-18H2,(H,36,37,38)/p-1. The summed E-state index contributed by atoms with van der Waals surface area (Å²) in [7, 11) is -4.57. The molecule has 4 aliphatic rings. The molecule has 2 aromatic rings. The molecule has 0 aromatic heterocycles. The summed E-state index contributed by atoms with van der Waals surface area (Å²) in [5.74, 6) is 1.45. The Morgan fingerprint density at radius 2 is 1.18 bits per heavy atom. The molecule has 0 unspecified atom stereocenters. The van der Waals surface area contributed by atoms with Gasteiger partial charge in [-0.25, -0.2) is 13.2 Å². The molecular formula is C34H43O5S-. The van der Waals surface area contributed by atoms with Crippen molar-refractivity contribution >= 4 is 16.1 Å². The number of rotatable bonds is 6. The molecule has 2 aromatic carbocycles. The molecule has 0 spiro atoms. The highest BCUT2D eigenvalue weighted by Crippen LogP contribution is 2.45. The van der Waals surface area contributed by atoms with E-state index in [-0.39, 0.29) is 10.9 Å². The van der Waals surface area contributed by atoms with Crippen LogP contribution in [-0.4, -0.2) is 18.9 Å². The lowest BCUT2D eigenvalue weighted by molar-refractivity contribution is 0.0729. The predicted molar refractivity (Wildman–Crippen MR) is 155 cm³/mol. The number of carbonyl (C=O) groups excluding carboxylic acids is 1. The Balaban J connectivity index is 1.44. The van der Waals surface area contributed by atoms with Gasteiger partial charge in [-0.1, -0.05) is 69.9 Å². The third kappa shape index (κ3) is 5.76. The summed E-state index contributed by atoms with van der Waals surface area (Å²) in [6.07, 6.45) is 20.0. The highest BCUT2D eigenvalue weighted by Gasteiger charge is 2.32. The van der Waals surface area contributed by atoms with Crippen molar-refractivity contribution < 1.29 is 22.5 Å². The van der Waals surface area contributed by atoms with Gasteiger partial charge >= 0.3 is 5.97 Å². The Bertz CT molecular complexity index is 1300. The Hall–Kier alpha value is -2.18. The summed E-state index contributed by atoms with van der Waals surface area (Å²) in [5.41, 5.74) is 5.86. The van der Waals surface area contributed by atoms with Crippen LogP contribution in [0.25, 0.3) is 0 Å². The van der Waals surface area contributed by atoms with E-state index < -0.39 is 10.1 Å². The van der Waals surface area contributed by atoms with E-state index >= 15 is 0 Å². The summed E-state index contributed by atoms with van der Waals surface area (Å²) in [5, 5.41) is 0. The fraction of sp³-hybridized carbons (Fsp3) is 0.618. The van der Waals surface area contributed by atoms with Crippen LogP contribution in [0.5, 0.6) is 5.75 Å². The second kappa shape index (κ2) is 12.0. The van der Waals surface area contributed by atoms with Crippen molar-refractivity contribution in [3.63, 3.8) is 0 Å². The van der Waals surface area contributed by atoms with Gasteiger partial charge < -0.3 is 9.29 Å². The van der Waals surface area contributed by atoms with Gasteiger partial charge in [0.2, 0.25) is 0 Å². The molecule has 4 aliphatic carbocycles. The zero-order valence-corrected chi connectivity index (χ0v) is 24.5. The van der Waals surface area contributed by atoms with Crippen LogP contribution in [-0.2, 0) is 23.0 Å². The van der Waals surface area contributed by atoms with Gasteiger partial charge in [-0.3, -0.25) is 0 Å². The molecule has 0 saturated heterocycles. The monoisotopic (exact) mass is 563 g/mol. The molecule has 0 radical (unpaired) electrons. The van der Waals surface area contributed by atoms with Gasteiger partial charge in [0.15, 0.2) is 0 Å². The van der Waals surface area contributed by atoms with Crippen molar-refractivity contribution in [2.45, 2.75) is 138 Å². The second-order valence-corrected chi connectivity index (χ2v) is 14.1. The van der Waals surface area contributed by atoms with Crippen LogP contribution >= 0.6 is 0 Å². The smallest absolute Gasteiger partial charge is 0.344 e. The molecule has 6 heteroatoms. The molecule has 40 heavy (non-hydrogen) atoms. The predicted octanol–water partition coefficient (Wildman–Crippen LogP) is 8.44. The molecule has 6 rings (SSSR count). The van der Waals surface area contributed by atoms with Gasteiger partial charge in [0.05, 0.1) is 10.5 Å². The largest absolute Gasteiger partial charge is 0.744 e. The maximum atomic E-state index is 14.3. The molecule has 3 fully saturated rings. The Morgan fingerprint density at radius 1 is 0.675 bits per heavy atom. The number of benzene rings is 2. The molecule has 5 nitrogen and oxygen atoms in total. The van der Waals surface area contributed by atoms with E-state index in [0.717, 1.165) is 37.7 Å². The maximum Gasteiger partial charge on any atom is 0.344 e. The minimum absolute atomic E-state index is 0.164. The molecule has 0 N–H and O–H groups in total. The zero-order chi connectivity index (χ0) is 27.7. The van der Waals surface area contributed by atoms with E-state index in [9.17, 15) is 17.8 Å². The van der Waals surface area contributed by atoms with Gasteiger partial charge in [0.1, 0.15) is 15.9 Å². The van der Waals surface area contributed by atoms with Crippen LogP contribution in [0.2, 0.25) is 0 Å². The van der Waals surface area contributed by atoms with Crippen LogP contribution in [0.15, 0.2) is 29.2 Å².